The molecule has 1 unspecified atom stereocenters. The van der Waals surface area contributed by atoms with E-state index in [0.717, 1.165) is 30.0 Å². The van der Waals surface area contributed by atoms with Crippen molar-refractivity contribution in [1.82, 2.24) is 4.98 Å². The highest BCUT2D eigenvalue weighted by Gasteiger charge is 2.23. The van der Waals surface area contributed by atoms with E-state index in [9.17, 15) is 0 Å². The van der Waals surface area contributed by atoms with Gasteiger partial charge in [0.2, 0.25) is 0 Å². The van der Waals surface area contributed by atoms with Gasteiger partial charge >= 0.3 is 0 Å². The van der Waals surface area contributed by atoms with Gasteiger partial charge in [0.1, 0.15) is 5.82 Å². The molecular weight excluding hydrogens is 240 g/mol. The van der Waals surface area contributed by atoms with Gasteiger partial charge in [0.25, 0.3) is 0 Å². The van der Waals surface area contributed by atoms with E-state index in [2.05, 4.69) is 22.0 Å². The van der Waals surface area contributed by atoms with Gasteiger partial charge in [-0.2, -0.15) is 0 Å². The van der Waals surface area contributed by atoms with E-state index in [0.29, 0.717) is 5.92 Å². The normalized spacial score (nSPS) is 20.6. The van der Waals surface area contributed by atoms with Gasteiger partial charge in [0, 0.05) is 19.3 Å². The number of aromatic nitrogens is 1. The van der Waals surface area contributed by atoms with Gasteiger partial charge in [-0.1, -0.05) is 18.5 Å². The first-order valence-corrected chi connectivity index (χ1v) is 6.85. The van der Waals surface area contributed by atoms with E-state index in [1.165, 1.54) is 19.3 Å². The Morgan fingerprint density at radius 2 is 2.42 bits per heavy atom. The van der Waals surface area contributed by atoms with Crippen LogP contribution in [0.1, 0.15) is 37.3 Å². The fourth-order valence-electron chi connectivity index (χ4n) is 2.74. The maximum atomic E-state index is 8.95. The Morgan fingerprint density at radius 3 is 3.11 bits per heavy atom. The van der Waals surface area contributed by atoms with E-state index in [1.54, 1.807) is 6.20 Å². The Hall–Kier alpha value is -1.78. The van der Waals surface area contributed by atoms with Crippen LogP contribution >= 0.6 is 0 Å². The molecule has 0 radical (unpaired) electrons. The molecule has 1 aliphatic rings. The van der Waals surface area contributed by atoms with E-state index < -0.39 is 0 Å². The second-order valence-electron chi connectivity index (χ2n) is 5.17. The van der Waals surface area contributed by atoms with Crippen LogP contribution < -0.4 is 10.6 Å². The first kappa shape index (κ1) is 13.6. The highest BCUT2D eigenvalue weighted by Crippen LogP contribution is 2.27. The van der Waals surface area contributed by atoms with Crippen LogP contribution in [0.25, 0.3) is 0 Å². The molecule has 1 saturated heterocycles. The van der Waals surface area contributed by atoms with Gasteiger partial charge in [0.15, 0.2) is 5.84 Å². The smallest absolute Gasteiger partial charge is 0.174 e. The summed E-state index contributed by atoms with van der Waals surface area (Å²) in [6.07, 6.45) is 5.41. The van der Waals surface area contributed by atoms with E-state index >= 15 is 0 Å². The molecule has 1 fully saturated rings. The van der Waals surface area contributed by atoms with Gasteiger partial charge in [-0.25, -0.2) is 4.98 Å². The quantitative estimate of drug-likeness (QED) is 0.378. The molecule has 104 valence electrons. The van der Waals surface area contributed by atoms with Crippen molar-refractivity contribution in [3.8, 4) is 0 Å². The molecule has 2 heterocycles. The van der Waals surface area contributed by atoms with Gasteiger partial charge in [-0.15, -0.1) is 0 Å². The third-order valence-corrected chi connectivity index (χ3v) is 3.90. The summed E-state index contributed by atoms with van der Waals surface area (Å²) in [4.78, 5) is 6.72. The molecule has 5 nitrogen and oxygen atoms in total. The topological polar surface area (TPSA) is 74.7 Å². The van der Waals surface area contributed by atoms with Crippen LogP contribution in [0.2, 0.25) is 0 Å². The summed E-state index contributed by atoms with van der Waals surface area (Å²) < 4.78 is 0. The monoisotopic (exact) mass is 262 g/mol. The van der Waals surface area contributed by atoms with Crippen molar-refractivity contribution < 1.29 is 5.21 Å². The lowest BCUT2D eigenvalue weighted by molar-refractivity contribution is 0.318. The molecule has 5 heteroatoms. The number of hydrogen-bond acceptors (Lipinski definition) is 4. The van der Waals surface area contributed by atoms with Crippen molar-refractivity contribution in [3.63, 3.8) is 0 Å². The fraction of sp³-hybridized carbons (Fsp3) is 0.571. The number of aryl methyl sites for hydroxylation is 1. The van der Waals surface area contributed by atoms with E-state index in [-0.39, 0.29) is 5.84 Å². The number of hydrogen-bond donors (Lipinski definition) is 2. The molecule has 0 amide bonds. The highest BCUT2D eigenvalue weighted by atomic mass is 16.4. The van der Waals surface area contributed by atoms with Crippen LogP contribution in [-0.4, -0.2) is 29.1 Å². The molecular formula is C14H22N4O. The Kier molecular flexibility index (Phi) is 4.24. The van der Waals surface area contributed by atoms with Crippen molar-refractivity contribution in [2.45, 2.75) is 33.1 Å². The zero-order chi connectivity index (χ0) is 13.8. The number of anilines is 1. The summed E-state index contributed by atoms with van der Waals surface area (Å²) in [5.74, 6) is 1.68. The standard InChI is InChI=1S/C14H22N4O/c1-3-11-5-4-8-18(9-11)14-12(13(15)17-19)10(2)6-7-16-14/h6-7,11,19H,3-5,8-9H2,1-2H3,(H2,15,17). The second kappa shape index (κ2) is 5.91. The summed E-state index contributed by atoms with van der Waals surface area (Å²) in [5.41, 5.74) is 7.54. The Bertz CT molecular complexity index is 473. The summed E-state index contributed by atoms with van der Waals surface area (Å²) in [6, 6.07) is 1.89. The second-order valence-corrected chi connectivity index (χ2v) is 5.17. The number of pyridine rings is 1. The molecule has 1 atom stereocenters. The maximum Gasteiger partial charge on any atom is 0.174 e. The van der Waals surface area contributed by atoms with Gasteiger partial charge in [0.05, 0.1) is 5.56 Å². The minimum absolute atomic E-state index is 0.138. The predicted octanol–water partition coefficient (Wildman–Crippen LogP) is 2.11. The van der Waals surface area contributed by atoms with Gasteiger partial charge in [-0.3, -0.25) is 0 Å². The maximum absolute atomic E-state index is 8.95. The SMILES string of the molecule is CCC1CCCN(c2nccc(C)c2/C(N)=N/O)C1. The van der Waals surface area contributed by atoms with Crippen LogP contribution in [-0.2, 0) is 0 Å². The largest absolute Gasteiger partial charge is 0.409 e. The molecule has 0 aliphatic carbocycles. The molecule has 2 rings (SSSR count). The number of nitrogens with zero attached hydrogens (tertiary/aromatic N) is 3. The van der Waals surface area contributed by atoms with E-state index in [4.69, 9.17) is 10.9 Å². The minimum Gasteiger partial charge on any atom is -0.409 e. The summed E-state index contributed by atoms with van der Waals surface area (Å²) >= 11 is 0. The average molecular weight is 262 g/mol. The van der Waals surface area contributed by atoms with Gasteiger partial charge in [-0.05, 0) is 37.3 Å². The van der Waals surface area contributed by atoms with Crippen LogP contribution in [0.4, 0.5) is 5.82 Å². The Labute approximate surface area is 114 Å². The number of piperidine rings is 1. The predicted molar refractivity (Wildman–Crippen MR) is 76.7 cm³/mol. The van der Waals surface area contributed by atoms with Crippen molar-refractivity contribution >= 4 is 11.7 Å². The zero-order valence-electron chi connectivity index (χ0n) is 11.6. The minimum atomic E-state index is 0.138. The van der Waals surface area contributed by atoms with Crippen LogP contribution in [0.15, 0.2) is 17.4 Å². The average Bonchev–Trinajstić information content (AvgIpc) is 2.46. The Morgan fingerprint density at radius 1 is 1.63 bits per heavy atom. The number of amidine groups is 1. The first-order chi connectivity index (χ1) is 9.17. The van der Waals surface area contributed by atoms with E-state index in [1.807, 2.05) is 13.0 Å². The third-order valence-electron chi connectivity index (χ3n) is 3.90. The van der Waals surface area contributed by atoms with Crippen molar-refractivity contribution in [2.75, 3.05) is 18.0 Å². The zero-order valence-corrected chi connectivity index (χ0v) is 11.6. The molecule has 1 aromatic heterocycles. The lowest BCUT2D eigenvalue weighted by Gasteiger charge is -2.34. The fourth-order valence-corrected chi connectivity index (χ4v) is 2.74. The molecule has 19 heavy (non-hydrogen) atoms. The molecule has 1 aliphatic heterocycles. The molecule has 1 aromatic rings. The number of nitrogens with two attached hydrogens (primary N) is 1. The molecule has 0 bridgehead atoms. The third kappa shape index (κ3) is 2.80. The number of rotatable bonds is 3. The van der Waals surface area contributed by atoms with Crippen LogP contribution in [0.3, 0.4) is 0 Å². The van der Waals surface area contributed by atoms with Crippen molar-refractivity contribution in [3.05, 3.63) is 23.4 Å². The molecule has 0 aromatic carbocycles. The molecule has 0 saturated carbocycles. The summed E-state index contributed by atoms with van der Waals surface area (Å²) in [7, 11) is 0. The molecule has 3 N–H and O–H groups in total. The first-order valence-electron chi connectivity index (χ1n) is 6.85. The highest BCUT2D eigenvalue weighted by molar-refractivity contribution is 6.02. The lowest BCUT2D eigenvalue weighted by atomic mass is 9.95. The molecule has 0 spiro atoms. The number of oxime groups is 1. The van der Waals surface area contributed by atoms with Crippen LogP contribution in [0.5, 0.6) is 0 Å². The summed E-state index contributed by atoms with van der Waals surface area (Å²) in [6.45, 7) is 6.17. The Balaban J connectivity index is 2.36. The van der Waals surface area contributed by atoms with Crippen molar-refractivity contribution in [2.24, 2.45) is 16.8 Å². The van der Waals surface area contributed by atoms with Crippen molar-refractivity contribution in [1.29, 1.82) is 0 Å². The van der Waals surface area contributed by atoms with Gasteiger partial charge < -0.3 is 15.8 Å². The lowest BCUT2D eigenvalue weighted by Crippen LogP contribution is -2.37. The summed E-state index contributed by atoms with van der Waals surface area (Å²) in [5, 5.41) is 12.1. The van der Waals surface area contributed by atoms with Crippen LogP contribution in [0, 0.1) is 12.8 Å².